The Hall–Kier alpha value is -2.24. The first-order chi connectivity index (χ1) is 13.3. The Morgan fingerprint density at radius 2 is 1.86 bits per heavy atom. The SMILES string of the molecule is COc1cc(C(=O)Nc2ccc(CCN(C)C)cc2)cc(Cl)c1OCC(C)C. The maximum atomic E-state index is 12.6. The number of carbonyl (C=O) groups excluding carboxylic acids is 1. The van der Waals surface area contributed by atoms with E-state index in [1.807, 2.05) is 52.2 Å². The number of nitrogens with one attached hydrogen (secondary N) is 1. The highest BCUT2D eigenvalue weighted by molar-refractivity contribution is 6.32. The van der Waals surface area contributed by atoms with Crippen molar-refractivity contribution in [3.63, 3.8) is 0 Å². The van der Waals surface area contributed by atoms with E-state index in [0.29, 0.717) is 34.6 Å². The molecule has 2 rings (SSSR count). The molecule has 1 amide bonds. The van der Waals surface area contributed by atoms with Crippen LogP contribution in [0.15, 0.2) is 36.4 Å². The van der Waals surface area contributed by atoms with Gasteiger partial charge in [0.25, 0.3) is 5.91 Å². The molecule has 0 aliphatic carbocycles. The molecule has 0 bridgehead atoms. The van der Waals surface area contributed by atoms with E-state index in [-0.39, 0.29) is 5.91 Å². The molecule has 0 aliphatic heterocycles. The fourth-order valence-corrected chi connectivity index (χ4v) is 2.82. The number of benzene rings is 2. The van der Waals surface area contributed by atoms with Crippen LogP contribution in [0.2, 0.25) is 5.02 Å². The van der Waals surface area contributed by atoms with Crippen LogP contribution >= 0.6 is 11.6 Å². The van der Waals surface area contributed by atoms with E-state index in [9.17, 15) is 4.79 Å². The van der Waals surface area contributed by atoms with Gasteiger partial charge in [-0.15, -0.1) is 0 Å². The van der Waals surface area contributed by atoms with Gasteiger partial charge < -0.3 is 19.7 Å². The lowest BCUT2D eigenvalue weighted by Gasteiger charge is -2.15. The average Bonchev–Trinajstić information content (AvgIpc) is 2.65. The van der Waals surface area contributed by atoms with Crippen LogP contribution in [0.3, 0.4) is 0 Å². The van der Waals surface area contributed by atoms with Crippen LogP contribution in [0.1, 0.15) is 29.8 Å². The summed E-state index contributed by atoms with van der Waals surface area (Å²) in [5.41, 5.74) is 2.37. The first-order valence-electron chi connectivity index (χ1n) is 9.35. The van der Waals surface area contributed by atoms with Gasteiger partial charge in [0, 0.05) is 17.8 Å². The van der Waals surface area contributed by atoms with Gasteiger partial charge in [-0.3, -0.25) is 4.79 Å². The van der Waals surface area contributed by atoms with Gasteiger partial charge in [0.05, 0.1) is 18.7 Å². The monoisotopic (exact) mass is 404 g/mol. The minimum atomic E-state index is -0.253. The Balaban J connectivity index is 2.10. The summed E-state index contributed by atoms with van der Waals surface area (Å²) in [5.74, 6) is 0.998. The summed E-state index contributed by atoms with van der Waals surface area (Å²) in [6, 6.07) is 11.1. The Morgan fingerprint density at radius 3 is 2.43 bits per heavy atom. The fraction of sp³-hybridized carbons (Fsp3) is 0.409. The number of carbonyl (C=O) groups is 1. The van der Waals surface area contributed by atoms with Crippen LogP contribution in [-0.4, -0.2) is 45.2 Å². The molecule has 0 saturated carbocycles. The molecular weight excluding hydrogens is 376 g/mol. The molecule has 5 nitrogen and oxygen atoms in total. The van der Waals surface area contributed by atoms with E-state index >= 15 is 0 Å². The molecule has 1 N–H and O–H groups in total. The molecule has 0 saturated heterocycles. The average molecular weight is 405 g/mol. The minimum absolute atomic E-state index is 0.253. The van der Waals surface area contributed by atoms with Crippen LogP contribution < -0.4 is 14.8 Å². The number of likely N-dealkylation sites (N-methyl/N-ethyl adjacent to an activating group) is 1. The standard InChI is InChI=1S/C22H29ClN2O3/c1-15(2)14-28-21-19(23)12-17(13-20(21)27-5)22(26)24-18-8-6-16(7-9-18)10-11-25(3)4/h6-9,12-13,15H,10-11,14H2,1-5H3,(H,24,26). The number of hydrogen-bond acceptors (Lipinski definition) is 4. The van der Waals surface area contributed by atoms with Crippen molar-refractivity contribution >= 4 is 23.2 Å². The summed E-state index contributed by atoms with van der Waals surface area (Å²) in [6.07, 6.45) is 0.964. The number of methoxy groups -OCH3 is 1. The van der Waals surface area contributed by atoms with E-state index in [2.05, 4.69) is 10.2 Å². The van der Waals surface area contributed by atoms with Gasteiger partial charge in [-0.2, -0.15) is 0 Å². The van der Waals surface area contributed by atoms with Gasteiger partial charge >= 0.3 is 0 Å². The van der Waals surface area contributed by atoms with E-state index in [1.54, 1.807) is 12.1 Å². The zero-order chi connectivity index (χ0) is 20.7. The lowest BCUT2D eigenvalue weighted by Crippen LogP contribution is -2.15. The number of nitrogens with zero attached hydrogens (tertiary/aromatic N) is 1. The quantitative estimate of drug-likeness (QED) is 0.655. The largest absolute Gasteiger partial charge is 0.493 e. The molecule has 28 heavy (non-hydrogen) atoms. The Morgan fingerprint density at radius 1 is 1.18 bits per heavy atom. The van der Waals surface area contributed by atoms with Crippen LogP contribution in [0.5, 0.6) is 11.5 Å². The van der Waals surface area contributed by atoms with E-state index in [0.717, 1.165) is 18.7 Å². The lowest BCUT2D eigenvalue weighted by atomic mass is 10.1. The van der Waals surface area contributed by atoms with Crippen molar-refractivity contribution in [2.45, 2.75) is 20.3 Å². The van der Waals surface area contributed by atoms with E-state index in [4.69, 9.17) is 21.1 Å². The van der Waals surface area contributed by atoms with Gasteiger partial charge in [-0.05, 0) is 56.3 Å². The van der Waals surface area contributed by atoms with Crippen molar-refractivity contribution in [3.8, 4) is 11.5 Å². The van der Waals surface area contributed by atoms with Crippen LogP contribution in [0, 0.1) is 5.92 Å². The maximum Gasteiger partial charge on any atom is 0.255 e. The number of halogens is 1. The second-order valence-corrected chi connectivity index (χ2v) is 7.81. The Bertz CT molecular complexity index is 789. The molecule has 0 heterocycles. The van der Waals surface area contributed by atoms with Crippen molar-refractivity contribution in [2.24, 2.45) is 5.92 Å². The smallest absolute Gasteiger partial charge is 0.255 e. The summed E-state index contributed by atoms with van der Waals surface area (Å²) in [5, 5.41) is 3.25. The number of amides is 1. The summed E-state index contributed by atoms with van der Waals surface area (Å²) in [7, 11) is 5.63. The van der Waals surface area contributed by atoms with Crippen molar-refractivity contribution in [1.29, 1.82) is 0 Å². The lowest BCUT2D eigenvalue weighted by molar-refractivity contribution is 0.102. The third-order valence-electron chi connectivity index (χ3n) is 4.11. The molecule has 6 heteroatoms. The predicted molar refractivity (Wildman–Crippen MR) is 115 cm³/mol. The normalized spacial score (nSPS) is 11.0. The van der Waals surface area contributed by atoms with Crippen LogP contribution in [0.25, 0.3) is 0 Å². The number of anilines is 1. The number of hydrogen-bond donors (Lipinski definition) is 1. The highest BCUT2D eigenvalue weighted by Crippen LogP contribution is 2.37. The molecule has 0 aromatic heterocycles. The van der Waals surface area contributed by atoms with E-state index < -0.39 is 0 Å². The minimum Gasteiger partial charge on any atom is -0.493 e. The maximum absolute atomic E-state index is 12.6. The highest BCUT2D eigenvalue weighted by atomic mass is 35.5. The predicted octanol–water partition coefficient (Wildman–Crippen LogP) is 4.74. The van der Waals surface area contributed by atoms with E-state index in [1.165, 1.54) is 12.7 Å². The second kappa shape index (κ2) is 10.3. The zero-order valence-electron chi connectivity index (χ0n) is 17.2. The molecule has 2 aromatic rings. The van der Waals surface area contributed by atoms with Gasteiger partial charge in [0.1, 0.15) is 0 Å². The molecule has 0 aliphatic rings. The third-order valence-corrected chi connectivity index (χ3v) is 4.39. The summed E-state index contributed by atoms with van der Waals surface area (Å²) < 4.78 is 11.1. The molecular formula is C22H29ClN2O3. The number of rotatable bonds is 9. The van der Waals surface area contributed by atoms with Crippen molar-refractivity contribution < 1.29 is 14.3 Å². The van der Waals surface area contributed by atoms with Gasteiger partial charge in [0.2, 0.25) is 0 Å². The molecule has 152 valence electrons. The molecule has 0 atom stereocenters. The first kappa shape index (κ1) is 22.1. The van der Waals surface area contributed by atoms with Crippen LogP contribution in [0.4, 0.5) is 5.69 Å². The Labute approximate surface area is 172 Å². The summed E-state index contributed by atoms with van der Waals surface area (Å²) >= 11 is 6.34. The second-order valence-electron chi connectivity index (χ2n) is 7.40. The molecule has 0 spiro atoms. The Kier molecular flexibility index (Phi) is 8.15. The summed E-state index contributed by atoms with van der Waals surface area (Å²) in [6.45, 7) is 5.60. The van der Waals surface area contributed by atoms with Crippen molar-refractivity contribution in [1.82, 2.24) is 4.90 Å². The molecule has 0 radical (unpaired) electrons. The molecule has 0 fully saturated rings. The van der Waals surface area contributed by atoms with Crippen molar-refractivity contribution in [3.05, 3.63) is 52.5 Å². The first-order valence-corrected chi connectivity index (χ1v) is 9.73. The molecule has 0 unspecified atom stereocenters. The van der Waals surface area contributed by atoms with Crippen molar-refractivity contribution in [2.75, 3.05) is 39.7 Å². The van der Waals surface area contributed by atoms with Gasteiger partial charge in [-0.25, -0.2) is 0 Å². The highest BCUT2D eigenvalue weighted by Gasteiger charge is 2.16. The topological polar surface area (TPSA) is 50.8 Å². The zero-order valence-corrected chi connectivity index (χ0v) is 18.0. The van der Waals surface area contributed by atoms with Gasteiger partial charge in [0.15, 0.2) is 11.5 Å². The molecule has 2 aromatic carbocycles. The fourth-order valence-electron chi connectivity index (χ4n) is 2.55. The van der Waals surface area contributed by atoms with Crippen LogP contribution in [-0.2, 0) is 6.42 Å². The third kappa shape index (κ3) is 6.43. The number of ether oxygens (including phenoxy) is 2. The van der Waals surface area contributed by atoms with Gasteiger partial charge in [-0.1, -0.05) is 37.6 Å². The summed E-state index contributed by atoms with van der Waals surface area (Å²) in [4.78, 5) is 14.8.